The van der Waals surface area contributed by atoms with E-state index in [4.69, 9.17) is 5.11 Å². The Kier molecular flexibility index (Phi) is 2.86. The first-order chi connectivity index (χ1) is 7.72. The smallest absolute Gasteiger partial charge is 0.310 e. The summed E-state index contributed by atoms with van der Waals surface area (Å²) in [5.74, 6) is -1.19. The van der Waals surface area contributed by atoms with Crippen LogP contribution in [0.1, 0.15) is 24.8 Å². The van der Waals surface area contributed by atoms with E-state index in [2.05, 4.69) is 4.98 Å². The normalized spacial score (nSPS) is 12.6. The van der Waals surface area contributed by atoms with E-state index >= 15 is 0 Å². The van der Waals surface area contributed by atoms with Gasteiger partial charge in [0.1, 0.15) is 0 Å². The highest BCUT2D eigenvalue weighted by Gasteiger charge is 2.17. The van der Waals surface area contributed by atoms with E-state index in [1.807, 2.05) is 31.2 Å². The molecule has 3 nitrogen and oxygen atoms in total. The van der Waals surface area contributed by atoms with Gasteiger partial charge in [0, 0.05) is 17.8 Å². The van der Waals surface area contributed by atoms with Gasteiger partial charge in [0.15, 0.2) is 0 Å². The van der Waals surface area contributed by atoms with Crippen molar-refractivity contribution in [3.8, 4) is 0 Å². The minimum atomic E-state index is -0.768. The Morgan fingerprint density at radius 2 is 2.19 bits per heavy atom. The van der Waals surface area contributed by atoms with E-state index in [-0.39, 0.29) is 0 Å². The lowest BCUT2D eigenvalue weighted by Gasteiger charge is -2.10. The molecule has 3 heteroatoms. The van der Waals surface area contributed by atoms with Gasteiger partial charge in [-0.3, -0.25) is 9.78 Å². The van der Waals surface area contributed by atoms with E-state index in [1.165, 1.54) is 0 Å². The number of pyridine rings is 1. The Morgan fingerprint density at radius 3 is 2.88 bits per heavy atom. The summed E-state index contributed by atoms with van der Waals surface area (Å²) in [6.07, 6.45) is 4.10. The summed E-state index contributed by atoms with van der Waals surface area (Å²) in [6, 6.07) is 7.61. The Bertz CT molecular complexity index is 522. The second-order valence-electron chi connectivity index (χ2n) is 3.78. The van der Waals surface area contributed by atoms with Crippen molar-refractivity contribution in [2.45, 2.75) is 19.3 Å². The molecule has 82 valence electrons. The van der Waals surface area contributed by atoms with Gasteiger partial charge >= 0.3 is 5.97 Å². The van der Waals surface area contributed by atoms with Gasteiger partial charge in [-0.2, -0.15) is 0 Å². The SMILES string of the molecule is CCC(C(=O)O)c1ccc2cnccc2c1. The molecule has 1 aromatic heterocycles. The van der Waals surface area contributed by atoms with Gasteiger partial charge in [0.25, 0.3) is 0 Å². The zero-order valence-electron chi connectivity index (χ0n) is 9.05. The molecule has 2 rings (SSSR count). The maximum absolute atomic E-state index is 11.1. The van der Waals surface area contributed by atoms with Crippen LogP contribution in [0.15, 0.2) is 36.7 Å². The van der Waals surface area contributed by atoms with E-state index in [0.29, 0.717) is 6.42 Å². The third-order valence-electron chi connectivity index (χ3n) is 2.77. The van der Waals surface area contributed by atoms with Crippen molar-refractivity contribution in [3.63, 3.8) is 0 Å². The lowest BCUT2D eigenvalue weighted by Crippen LogP contribution is -2.10. The fraction of sp³-hybridized carbons (Fsp3) is 0.231. The van der Waals surface area contributed by atoms with E-state index in [9.17, 15) is 4.79 Å². The molecule has 0 spiro atoms. The van der Waals surface area contributed by atoms with Crippen LogP contribution < -0.4 is 0 Å². The summed E-state index contributed by atoms with van der Waals surface area (Å²) < 4.78 is 0. The van der Waals surface area contributed by atoms with E-state index in [0.717, 1.165) is 16.3 Å². The Balaban J connectivity index is 2.49. The number of nitrogens with zero attached hydrogens (tertiary/aromatic N) is 1. The third-order valence-corrected chi connectivity index (χ3v) is 2.77. The average Bonchev–Trinajstić information content (AvgIpc) is 2.29. The molecular formula is C13H13NO2. The van der Waals surface area contributed by atoms with Crippen LogP contribution in [0.25, 0.3) is 10.8 Å². The molecule has 0 bridgehead atoms. The number of hydrogen-bond donors (Lipinski definition) is 1. The number of rotatable bonds is 3. The number of benzene rings is 1. The van der Waals surface area contributed by atoms with Gasteiger partial charge in [0.05, 0.1) is 5.92 Å². The highest BCUT2D eigenvalue weighted by Crippen LogP contribution is 2.23. The number of hydrogen-bond acceptors (Lipinski definition) is 2. The molecular weight excluding hydrogens is 202 g/mol. The van der Waals surface area contributed by atoms with Gasteiger partial charge in [0.2, 0.25) is 0 Å². The van der Waals surface area contributed by atoms with E-state index < -0.39 is 11.9 Å². The Morgan fingerprint density at radius 1 is 1.38 bits per heavy atom. The molecule has 1 unspecified atom stereocenters. The number of aliphatic carboxylic acids is 1. The van der Waals surface area contributed by atoms with Crippen molar-refractivity contribution >= 4 is 16.7 Å². The molecule has 0 aliphatic rings. The second kappa shape index (κ2) is 4.31. The standard InChI is InChI=1S/C13H13NO2/c1-2-12(13(15)16)10-3-4-11-8-14-6-5-9(11)7-10/h3-8,12H,2H2,1H3,(H,15,16). The molecule has 0 radical (unpaired) electrons. The summed E-state index contributed by atoms with van der Waals surface area (Å²) >= 11 is 0. The maximum atomic E-state index is 11.1. The molecule has 0 aliphatic carbocycles. The highest BCUT2D eigenvalue weighted by molar-refractivity contribution is 5.84. The predicted octanol–water partition coefficient (Wildman–Crippen LogP) is 2.81. The molecule has 0 amide bonds. The zero-order chi connectivity index (χ0) is 11.5. The average molecular weight is 215 g/mol. The summed E-state index contributed by atoms with van der Waals surface area (Å²) in [4.78, 5) is 15.1. The molecule has 1 heterocycles. The minimum absolute atomic E-state index is 0.419. The number of carboxylic acids is 1. The number of fused-ring (bicyclic) bond motifs is 1. The van der Waals surface area contributed by atoms with E-state index in [1.54, 1.807) is 12.4 Å². The topological polar surface area (TPSA) is 50.2 Å². The fourth-order valence-electron chi connectivity index (χ4n) is 1.87. The predicted molar refractivity (Wildman–Crippen MR) is 62.4 cm³/mol. The van der Waals surface area contributed by atoms with Gasteiger partial charge in [-0.25, -0.2) is 0 Å². The molecule has 0 saturated carbocycles. The van der Waals surface area contributed by atoms with Crippen molar-refractivity contribution in [2.24, 2.45) is 0 Å². The fourth-order valence-corrected chi connectivity index (χ4v) is 1.87. The first-order valence-electron chi connectivity index (χ1n) is 5.29. The lowest BCUT2D eigenvalue weighted by molar-refractivity contribution is -0.138. The third kappa shape index (κ3) is 1.89. The van der Waals surface area contributed by atoms with Gasteiger partial charge < -0.3 is 5.11 Å². The lowest BCUT2D eigenvalue weighted by atomic mass is 9.95. The summed E-state index contributed by atoms with van der Waals surface area (Å²) in [5.41, 5.74) is 0.855. The van der Waals surface area contributed by atoms with Crippen LogP contribution >= 0.6 is 0 Å². The molecule has 1 atom stereocenters. The molecule has 16 heavy (non-hydrogen) atoms. The van der Waals surface area contributed by atoms with Crippen LogP contribution in [-0.4, -0.2) is 16.1 Å². The molecule has 1 aromatic carbocycles. The molecule has 1 N–H and O–H groups in total. The quantitative estimate of drug-likeness (QED) is 0.856. The van der Waals surface area contributed by atoms with Crippen LogP contribution in [0.2, 0.25) is 0 Å². The van der Waals surface area contributed by atoms with Gasteiger partial charge in [-0.05, 0) is 23.4 Å². The van der Waals surface area contributed by atoms with Crippen LogP contribution in [0.5, 0.6) is 0 Å². The monoisotopic (exact) mass is 215 g/mol. The second-order valence-corrected chi connectivity index (χ2v) is 3.78. The van der Waals surface area contributed by atoms with Gasteiger partial charge in [-0.15, -0.1) is 0 Å². The van der Waals surface area contributed by atoms with Crippen molar-refractivity contribution in [3.05, 3.63) is 42.2 Å². The Hall–Kier alpha value is -1.90. The zero-order valence-corrected chi connectivity index (χ0v) is 9.05. The molecule has 2 aromatic rings. The summed E-state index contributed by atoms with van der Waals surface area (Å²) in [7, 11) is 0. The van der Waals surface area contributed by atoms with Crippen molar-refractivity contribution in [2.75, 3.05) is 0 Å². The number of aromatic nitrogens is 1. The molecule has 0 aliphatic heterocycles. The van der Waals surface area contributed by atoms with Gasteiger partial charge in [-0.1, -0.05) is 25.1 Å². The van der Waals surface area contributed by atoms with Crippen LogP contribution in [0, 0.1) is 0 Å². The number of carbonyl (C=O) groups is 1. The minimum Gasteiger partial charge on any atom is -0.481 e. The first-order valence-corrected chi connectivity index (χ1v) is 5.29. The van der Waals surface area contributed by atoms with Crippen LogP contribution in [0.4, 0.5) is 0 Å². The highest BCUT2D eigenvalue weighted by atomic mass is 16.4. The van der Waals surface area contributed by atoms with Crippen molar-refractivity contribution < 1.29 is 9.90 Å². The Labute approximate surface area is 93.7 Å². The largest absolute Gasteiger partial charge is 0.481 e. The van der Waals surface area contributed by atoms with Crippen LogP contribution in [0.3, 0.4) is 0 Å². The maximum Gasteiger partial charge on any atom is 0.310 e. The summed E-state index contributed by atoms with van der Waals surface area (Å²) in [5, 5.41) is 11.2. The number of carboxylic acid groups (broad SMARTS) is 1. The first kappa shape index (κ1) is 10.6. The molecule has 0 saturated heterocycles. The van der Waals surface area contributed by atoms with Crippen LogP contribution in [-0.2, 0) is 4.79 Å². The molecule has 0 fully saturated rings. The summed E-state index contributed by atoms with van der Waals surface area (Å²) in [6.45, 7) is 1.88. The van der Waals surface area contributed by atoms with Crippen molar-refractivity contribution in [1.29, 1.82) is 0 Å². The van der Waals surface area contributed by atoms with Crippen molar-refractivity contribution in [1.82, 2.24) is 4.98 Å².